The molecule has 32 heavy (non-hydrogen) atoms. The highest BCUT2D eigenvalue weighted by molar-refractivity contribution is 6.02. The van der Waals surface area contributed by atoms with E-state index >= 15 is 0 Å². The van der Waals surface area contributed by atoms with Crippen molar-refractivity contribution in [1.29, 1.82) is 0 Å². The van der Waals surface area contributed by atoms with E-state index in [9.17, 15) is 14.9 Å². The van der Waals surface area contributed by atoms with Gasteiger partial charge in [-0.2, -0.15) is 10.2 Å². The van der Waals surface area contributed by atoms with E-state index in [-0.39, 0.29) is 23.9 Å². The molecule has 0 aliphatic heterocycles. The number of carbonyl (C=O) groups is 1. The average Bonchev–Trinajstić information content (AvgIpc) is 3.40. The van der Waals surface area contributed by atoms with Gasteiger partial charge in [-0.25, -0.2) is 4.68 Å². The summed E-state index contributed by atoms with van der Waals surface area (Å²) in [5.41, 5.74) is 2.05. The number of hydrogen-bond acceptors (Lipinski definition) is 6. The molecule has 0 atom stereocenters. The molecule has 0 aliphatic carbocycles. The Morgan fingerprint density at radius 3 is 2.62 bits per heavy atom. The molecule has 2 aromatic heterocycles. The highest BCUT2D eigenvalue weighted by atomic mass is 16.6. The number of anilines is 1. The number of para-hydroxylation sites is 2. The minimum Gasteiger partial charge on any atom is -0.464 e. The maximum Gasteiger partial charge on any atom is 0.311 e. The van der Waals surface area contributed by atoms with Crippen LogP contribution in [0.1, 0.15) is 21.7 Å². The second kappa shape index (κ2) is 9.13. The first-order valence-corrected chi connectivity index (χ1v) is 9.79. The zero-order chi connectivity index (χ0) is 22.5. The van der Waals surface area contributed by atoms with Gasteiger partial charge in [-0.15, -0.1) is 0 Å². The van der Waals surface area contributed by atoms with Crippen LogP contribution in [0.5, 0.6) is 5.75 Å². The molecule has 162 valence electrons. The summed E-state index contributed by atoms with van der Waals surface area (Å²) in [5, 5.41) is 22.4. The predicted molar refractivity (Wildman–Crippen MR) is 116 cm³/mol. The van der Waals surface area contributed by atoms with Gasteiger partial charge in [0.05, 0.1) is 11.5 Å². The van der Waals surface area contributed by atoms with E-state index in [4.69, 9.17) is 4.74 Å². The van der Waals surface area contributed by atoms with Crippen molar-refractivity contribution in [1.82, 2.24) is 19.6 Å². The van der Waals surface area contributed by atoms with Gasteiger partial charge in [0.25, 0.3) is 5.91 Å². The van der Waals surface area contributed by atoms with Crippen molar-refractivity contribution in [2.75, 3.05) is 5.32 Å². The van der Waals surface area contributed by atoms with Crippen molar-refractivity contribution in [2.45, 2.75) is 20.2 Å². The molecule has 0 bridgehead atoms. The van der Waals surface area contributed by atoms with Crippen LogP contribution in [0.3, 0.4) is 0 Å². The lowest BCUT2D eigenvalue weighted by Crippen LogP contribution is -2.15. The van der Waals surface area contributed by atoms with E-state index in [1.165, 1.54) is 22.9 Å². The lowest BCUT2D eigenvalue weighted by molar-refractivity contribution is -0.386. The second-order valence-electron chi connectivity index (χ2n) is 7.01. The number of nitrogens with zero attached hydrogens (tertiary/aromatic N) is 5. The number of hydrogen-bond donors (Lipinski definition) is 1. The van der Waals surface area contributed by atoms with Gasteiger partial charge in [-0.1, -0.05) is 42.5 Å². The first-order chi connectivity index (χ1) is 15.5. The molecule has 0 saturated carbocycles. The molecule has 0 spiro atoms. The Morgan fingerprint density at radius 2 is 1.84 bits per heavy atom. The third kappa shape index (κ3) is 4.81. The largest absolute Gasteiger partial charge is 0.464 e. The summed E-state index contributed by atoms with van der Waals surface area (Å²) in [7, 11) is 0. The molecule has 2 aromatic carbocycles. The lowest BCUT2D eigenvalue weighted by Gasteiger charge is -2.06. The Balaban J connectivity index is 1.38. The number of rotatable bonds is 8. The predicted octanol–water partition coefficient (Wildman–Crippen LogP) is 3.63. The van der Waals surface area contributed by atoms with E-state index in [0.29, 0.717) is 12.4 Å². The minimum atomic E-state index is -0.518. The Kier molecular flexibility index (Phi) is 5.93. The highest BCUT2D eigenvalue weighted by Crippen LogP contribution is 2.26. The first-order valence-electron chi connectivity index (χ1n) is 9.79. The molecule has 10 nitrogen and oxygen atoms in total. The maximum atomic E-state index is 12.6. The lowest BCUT2D eigenvalue weighted by atomic mass is 10.2. The van der Waals surface area contributed by atoms with Crippen molar-refractivity contribution >= 4 is 17.4 Å². The van der Waals surface area contributed by atoms with Crippen LogP contribution >= 0.6 is 0 Å². The van der Waals surface area contributed by atoms with Gasteiger partial charge in [0.15, 0.2) is 24.0 Å². The molecular formula is C22H20N6O4. The molecule has 0 aliphatic rings. The molecule has 4 aromatic rings. The van der Waals surface area contributed by atoms with Gasteiger partial charge in [-0.3, -0.25) is 19.6 Å². The summed E-state index contributed by atoms with van der Waals surface area (Å²) in [4.78, 5) is 23.1. The first kappa shape index (κ1) is 20.8. The summed E-state index contributed by atoms with van der Waals surface area (Å²) in [5.74, 6) is 0.131. The normalized spacial score (nSPS) is 10.7. The second-order valence-corrected chi connectivity index (χ2v) is 7.01. The summed E-state index contributed by atoms with van der Waals surface area (Å²) in [6, 6.07) is 19.3. The zero-order valence-corrected chi connectivity index (χ0v) is 17.2. The van der Waals surface area contributed by atoms with Crippen LogP contribution in [0.15, 0.2) is 72.9 Å². The smallest absolute Gasteiger partial charge is 0.311 e. The van der Waals surface area contributed by atoms with E-state index in [2.05, 4.69) is 15.5 Å². The number of ether oxygens (including phenoxy) is 1. The molecule has 4 rings (SSSR count). The van der Waals surface area contributed by atoms with E-state index in [0.717, 1.165) is 11.3 Å². The Hall–Kier alpha value is -4.47. The molecule has 10 heteroatoms. The molecule has 0 fully saturated rings. The molecule has 1 N–H and O–H groups in total. The van der Waals surface area contributed by atoms with Crippen LogP contribution in [-0.2, 0) is 13.3 Å². The van der Waals surface area contributed by atoms with Crippen LogP contribution in [0.4, 0.5) is 11.5 Å². The fourth-order valence-corrected chi connectivity index (χ4v) is 3.09. The number of nitro groups is 1. The number of nitrogens with one attached hydrogen (secondary N) is 1. The number of aryl methyl sites for hydroxylation is 1. The van der Waals surface area contributed by atoms with Gasteiger partial charge in [0.2, 0.25) is 0 Å². The van der Waals surface area contributed by atoms with Gasteiger partial charge < -0.3 is 10.1 Å². The van der Waals surface area contributed by atoms with Gasteiger partial charge in [0, 0.05) is 24.0 Å². The quantitative estimate of drug-likeness (QED) is 0.336. The molecule has 0 saturated heterocycles. The average molecular weight is 432 g/mol. The van der Waals surface area contributed by atoms with Gasteiger partial charge >= 0.3 is 5.69 Å². The topological polar surface area (TPSA) is 117 Å². The van der Waals surface area contributed by atoms with E-state index < -0.39 is 10.8 Å². The number of nitro benzene ring substituents is 1. The van der Waals surface area contributed by atoms with Crippen molar-refractivity contribution in [3.8, 4) is 5.75 Å². The van der Waals surface area contributed by atoms with E-state index in [1.807, 2.05) is 41.9 Å². The van der Waals surface area contributed by atoms with Crippen molar-refractivity contribution in [3.05, 3.63) is 100.0 Å². The fourth-order valence-electron chi connectivity index (χ4n) is 3.09. The number of aromatic nitrogens is 4. The van der Waals surface area contributed by atoms with Crippen LogP contribution < -0.4 is 10.1 Å². The monoisotopic (exact) mass is 432 g/mol. The molecule has 2 heterocycles. The van der Waals surface area contributed by atoms with Crippen molar-refractivity contribution in [3.63, 3.8) is 0 Å². The standard InChI is InChI=1S/C22H20N6O4/c1-16-13-21(25-27(16)14-17-7-3-2-4-8-17)23-22(29)18-11-12-26(24-18)15-32-20-10-6-5-9-19(20)28(30)31/h2-13H,14-15H2,1H3,(H,23,25,29). The van der Waals surface area contributed by atoms with Crippen LogP contribution in [0, 0.1) is 17.0 Å². The van der Waals surface area contributed by atoms with Crippen molar-refractivity contribution in [2.24, 2.45) is 0 Å². The van der Waals surface area contributed by atoms with Crippen LogP contribution in [-0.4, -0.2) is 30.4 Å². The molecule has 0 radical (unpaired) electrons. The van der Waals surface area contributed by atoms with Gasteiger partial charge in [0.1, 0.15) is 0 Å². The SMILES string of the molecule is Cc1cc(NC(=O)c2ccn(COc3ccccc3[N+](=O)[O-])n2)nn1Cc1ccccc1. The Labute approximate surface area is 183 Å². The van der Waals surface area contributed by atoms with Crippen LogP contribution in [0.2, 0.25) is 0 Å². The summed E-state index contributed by atoms with van der Waals surface area (Å²) in [6.07, 6.45) is 1.56. The molecular weight excluding hydrogens is 412 g/mol. The fraction of sp³-hybridized carbons (Fsp3) is 0.136. The van der Waals surface area contributed by atoms with Crippen molar-refractivity contribution < 1.29 is 14.5 Å². The Bertz CT molecular complexity index is 1250. The highest BCUT2D eigenvalue weighted by Gasteiger charge is 2.15. The number of carbonyl (C=O) groups excluding carboxylic acids is 1. The zero-order valence-electron chi connectivity index (χ0n) is 17.2. The van der Waals surface area contributed by atoms with Gasteiger partial charge in [-0.05, 0) is 24.6 Å². The third-order valence-electron chi connectivity index (χ3n) is 4.69. The summed E-state index contributed by atoms with van der Waals surface area (Å²) < 4.78 is 8.67. The summed E-state index contributed by atoms with van der Waals surface area (Å²) in [6.45, 7) is 2.43. The van der Waals surface area contributed by atoms with Crippen LogP contribution in [0.25, 0.3) is 0 Å². The Morgan fingerprint density at radius 1 is 1.09 bits per heavy atom. The number of amides is 1. The summed E-state index contributed by atoms with van der Waals surface area (Å²) >= 11 is 0. The maximum absolute atomic E-state index is 12.6. The molecule has 0 unspecified atom stereocenters. The third-order valence-corrected chi connectivity index (χ3v) is 4.69. The molecule has 1 amide bonds. The van der Waals surface area contributed by atoms with E-state index in [1.54, 1.807) is 24.4 Å². The number of benzene rings is 2. The minimum absolute atomic E-state index is 0.0804.